The normalized spacial score (nSPS) is 10.3. The molecule has 144 valence electrons. The van der Waals surface area contributed by atoms with Crippen molar-refractivity contribution < 1.29 is 14.3 Å². The van der Waals surface area contributed by atoms with E-state index in [0.29, 0.717) is 31.6 Å². The van der Waals surface area contributed by atoms with E-state index in [1.807, 2.05) is 44.2 Å². The molecule has 0 unspecified atom stereocenters. The van der Waals surface area contributed by atoms with Crippen molar-refractivity contribution in [1.82, 2.24) is 10.6 Å². The SMILES string of the molecule is Cc1ccc(C)c(OCC(=O)NCCCNC(=O)c2ccc(CN)cc2)c1. The van der Waals surface area contributed by atoms with Crippen molar-refractivity contribution in [2.75, 3.05) is 19.7 Å². The fourth-order valence-electron chi connectivity index (χ4n) is 2.47. The standard InChI is InChI=1S/C21H27N3O3/c1-15-4-5-16(2)19(12-15)27-14-20(25)23-10-3-11-24-21(26)18-8-6-17(13-22)7-9-18/h4-9,12H,3,10-11,13-14,22H2,1-2H3,(H,23,25)(H,24,26). The van der Waals surface area contributed by atoms with Crippen molar-refractivity contribution >= 4 is 11.8 Å². The Labute approximate surface area is 160 Å². The summed E-state index contributed by atoms with van der Waals surface area (Å²) in [5.41, 5.74) is 9.20. The topological polar surface area (TPSA) is 93.5 Å². The van der Waals surface area contributed by atoms with Gasteiger partial charge in [-0.2, -0.15) is 0 Å². The van der Waals surface area contributed by atoms with Gasteiger partial charge in [-0.15, -0.1) is 0 Å². The third kappa shape index (κ3) is 6.75. The van der Waals surface area contributed by atoms with Gasteiger partial charge < -0.3 is 21.1 Å². The van der Waals surface area contributed by atoms with Crippen LogP contribution in [0.15, 0.2) is 42.5 Å². The summed E-state index contributed by atoms with van der Waals surface area (Å²) in [6.07, 6.45) is 0.641. The van der Waals surface area contributed by atoms with E-state index >= 15 is 0 Å². The molecule has 0 saturated carbocycles. The fourth-order valence-corrected chi connectivity index (χ4v) is 2.47. The molecule has 2 amide bonds. The van der Waals surface area contributed by atoms with Crippen LogP contribution in [0.3, 0.4) is 0 Å². The highest BCUT2D eigenvalue weighted by atomic mass is 16.5. The van der Waals surface area contributed by atoms with E-state index in [1.165, 1.54) is 0 Å². The number of aryl methyl sites for hydroxylation is 2. The van der Waals surface area contributed by atoms with Crippen LogP contribution < -0.4 is 21.1 Å². The fraction of sp³-hybridized carbons (Fsp3) is 0.333. The molecule has 0 aliphatic rings. The Morgan fingerprint density at radius 3 is 2.41 bits per heavy atom. The van der Waals surface area contributed by atoms with Crippen LogP contribution in [-0.2, 0) is 11.3 Å². The van der Waals surface area contributed by atoms with Crippen molar-refractivity contribution in [1.29, 1.82) is 0 Å². The zero-order valence-electron chi connectivity index (χ0n) is 15.9. The molecule has 0 atom stereocenters. The second kappa shape index (κ2) is 10.3. The molecule has 6 heteroatoms. The molecule has 6 nitrogen and oxygen atoms in total. The summed E-state index contributed by atoms with van der Waals surface area (Å²) >= 11 is 0. The zero-order chi connectivity index (χ0) is 19.6. The van der Waals surface area contributed by atoms with E-state index in [-0.39, 0.29) is 18.4 Å². The second-order valence-electron chi connectivity index (χ2n) is 6.42. The highest BCUT2D eigenvalue weighted by molar-refractivity contribution is 5.94. The Hall–Kier alpha value is -2.86. The first-order valence-electron chi connectivity index (χ1n) is 9.03. The molecule has 0 radical (unpaired) electrons. The van der Waals surface area contributed by atoms with E-state index in [2.05, 4.69) is 10.6 Å². The van der Waals surface area contributed by atoms with Gasteiger partial charge in [-0.3, -0.25) is 9.59 Å². The molecular weight excluding hydrogens is 342 g/mol. The summed E-state index contributed by atoms with van der Waals surface area (Å²) in [5, 5.41) is 5.62. The summed E-state index contributed by atoms with van der Waals surface area (Å²) in [4.78, 5) is 23.9. The van der Waals surface area contributed by atoms with Gasteiger partial charge in [0.1, 0.15) is 5.75 Å². The summed E-state index contributed by atoms with van der Waals surface area (Å²) in [6.45, 7) is 5.31. The van der Waals surface area contributed by atoms with Crippen LogP contribution in [0.2, 0.25) is 0 Å². The van der Waals surface area contributed by atoms with Gasteiger partial charge in [-0.05, 0) is 55.2 Å². The Bertz CT molecular complexity index is 773. The molecule has 0 saturated heterocycles. The Morgan fingerprint density at radius 1 is 1.00 bits per heavy atom. The molecule has 2 aromatic rings. The van der Waals surface area contributed by atoms with Crippen molar-refractivity contribution in [3.63, 3.8) is 0 Å². The van der Waals surface area contributed by atoms with Gasteiger partial charge in [0.05, 0.1) is 0 Å². The maximum absolute atomic E-state index is 12.0. The maximum atomic E-state index is 12.0. The van der Waals surface area contributed by atoms with Crippen LogP contribution in [0.1, 0.15) is 33.5 Å². The summed E-state index contributed by atoms with van der Waals surface area (Å²) < 4.78 is 5.56. The number of carbonyl (C=O) groups excluding carboxylic acids is 2. The minimum atomic E-state index is -0.181. The van der Waals surface area contributed by atoms with Crippen molar-refractivity contribution in [2.45, 2.75) is 26.8 Å². The minimum Gasteiger partial charge on any atom is -0.483 e. The molecule has 2 aromatic carbocycles. The van der Waals surface area contributed by atoms with Crippen molar-refractivity contribution in [2.24, 2.45) is 5.73 Å². The third-order valence-electron chi connectivity index (χ3n) is 4.12. The first-order valence-corrected chi connectivity index (χ1v) is 9.03. The maximum Gasteiger partial charge on any atom is 0.257 e. The molecule has 0 spiro atoms. The largest absolute Gasteiger partial charge is 0.483 e. The van der Waals surface area contributed by atoms with Crippen LogP contribution >= 0.6 is 0 Å². The van der Waals surface area contributed by atoms with Crippen LogP contribution in [0.5, 0.6) is 5.75 Å². The molecule has 0 fully saturated rings. The Kier molecular flexibility index (Phi) is 7.82. The number of hydrogen-bond acceptors (Lipinski definition) is 4. The highest BCUT2D eigenvalue weighted by Gasteiger charge is 2.06. The first kappa shape index (κ1) is 20.5. The van der Waals surface area contributed by atoms with Gasteiger partial charge in [0, 0.05) is 25.2 Å². The van der Waals surface area contributed by atoms with Gasteiger partial charge in [0.2, 0.25) is 0 Å². The lowest BCUT2D eigenvalue weighted by Gasteiger charge is -2.10. The number of nitrogens with two attached hydrogens (primary N) is 1. The van der Waals surface area contributed by atoms with Gasteiger partial charge >= 0.3 is 0 Å². The second-order valence-corrected chi connectivity index (χ2v) is 6.42. The predicted octanol–water partition coefficient (Wildman–Crippen LogP) is 2.08. The number of rotatable bonds is 9. The number of hydrogen-bond donors (Lipinski definition) is 3. The van der Waals surface area contributed by atoms with E-state index in [9.17, 15) is 9.59 Å². The van der Waals surface area contributed by atoms with Gasteiger partial charge in [-0.25, -0.2) is 0 Å². The number of carbonyl (C=O) groups is 2. The third-order valence-corrected chi connectivity index (χ3v) is 4.12. The summed E-state index contributed by atoms with van der Waals surface area (Å²) in [6, 6.07) is 13.1. The molecule has 27 heavy (non-hydrogen) atoms. The van der Waals surface area contributed by atoms with E-state index in [1.54, 1.807) is 12.1 Å². The highest BCUT2D eigenvalue weighted by Crippen LogP contribution is 2.18. The number of amides is 2. The number of ether oxygens (including phenoxy) is 1. The van der Waals surface area contributed by atoms with Crippen molar-refractivity contribution in [3.8, 4) is 5.75 Å². The molecule has 0 bridgehead atoms. The Morgan fingerprint density at radius 2 is 1.70 bits per heavy atom. The Balaban J connectivity index is 1.62. The van der Waals surface area contributed by atoms with Crippen LogP contribution in [0, 0.1) is 13.8 Å². The molecule has 0 heterocycles. The average Bonchev–Trinajstić information content (AvgIpc) is 2.68. The summed E-state index contributed by atoms with van der Waals surface area (Å²) in [5.74, 6) is 0.404. The monoisotopic (exact) mass is 369 g/mol. The molecule has 0 aliphatic carbocycles. The van der Waals surface area contributed by atoms with Crippen LogP contribution in [-0.4, -0.2) is 31.5 Å². The van der Waals surface area contributed by atoms with Gasteiger partial charge in [0.25, 0.3) is 11.8 Å². The van der Waals surface area contributed by atoms with Gasteiger partial charge in [0.15, 0.2) is 6.61 Å². The molecule has 0 aromatic heterocycles. The number of benzene rings is 2. The van der Waals surface area contributed by atoms with E-state index in [4.69, 9.17) is 10.5 Å². The lowest BCUT2D eigenvalue weighted by Crippen LogP contribution is -2.32. The lowest BCUT2D eigenvalue weighted by atomic mass is 10.1. The predicted molar refractivity (Wildman–Crippen MR) is 106 cm³/mol. The van der Waals surface area contributed by atoms with Gasteiger partial charge in [-0.1, -0.05) is 24.3 Å². The molecule has 4 N–H and O–H groups in total. The van der Waals surface area contributed by atoms with Crippen LogP contribution in [0.25, 0.3) is 0 Å². The lowest BCUT2D eigenvalue weighted by molar-refractivity contribution is -0.123. The minimum absolute atomic E-state index is 0.0237. The summed E-state index contributed by atoms with van der Waals surface area (Å²) in [7, 11) is 0. The smallest absolute Gasteiger partial charge is 0.257 e. The van der Waals surface area contributed by atoms with Crippen LogP contribution in [0.4, 0.5) is 0 Å². The quantitative estimate of drug-likeness (QED) is 0.590. The number of nitrogens with one attached hydrogen (secondary N) is 2. The van der Waals surface area contributed by atoms with Crippen molar-refractivity contribution in [3.05, 3.63) is 64.7 Å². The van der Waals surface area contributed by atoms with E-state index in [0.717, 1.165) is 22.4 Å². The molecular formula is C21H27N3O3. The molecule has 2 rings (SSSR count). The first-order chi connectivity index (χ1) is 13.0. The van der Waals surface area contributed by atoms with E-state index < -0.39 is 0 Å². The zero-order valence-corrected chi connectivity index (χ0v) is 15.9. The average molecular weight is 369 g/mol. The molecule has 0 aliphatic heterocycles.